The minimum atomic E-state index is -0.879. The second-order valence-electron chi connectivity index (χ2n) is 16.6. The van der Waals surface area contributed by atoms with Crippen molar-refractivity contribution in [2.75, 3.05) is 41.0 Å². The van der Waals surface area contributed by atoms with Gasteiger partial charge >= 0.3 is 17.9 Å². The Bertz CT molecular complexity index is 1130. The minimum Gasteiger partial charge on any atom is -0.477 e. The summed E-state index contributed by atoms with van der Waals surface area (Å²) in [5, 5.41) is 9.62. The number of carboxylic acids is 1. The van der Waals surface area contributed by atoms with Crippen LogP contribution >= 0.6 is 0 Å². The molecule has 334 valence electrons. The molecule has 0 aliphatic rings. The second kappa shape index (κ2) is 40.8. The number of nitrogens with zero attached hydrogens (tertiary/aromatic N) is 1. The van der Waals surface area contributed by atoms with Crippen molar-refractivity contribution in [3.05, 3.63) is 60.8 Å². The van der Waals surface area contributed by atoms with Crippen LogP contribution in [0, 0.1) is 0 Å². The average Bonchev–Trinajstić information content (AvgIpc) is 3.18. The Morgan fingerprint density at radius 2 is 0.966 bits per heavy atom. The van der Waals surface area contributed by atoms with Gasteiger partial charge < -0.3 is 23.8 Å². The molecule has 0 rings (SSSR count). The van der Waals surface area contributed by atoms with Crippen molar-refractivity contribution >= 4 is 17.9 Å². The van der Waals surface area contributed by atoms with Crippen molar-refractivity contribution in [3.63, 3.8) is 0 Å². The van der Waals surface area contributed by atoms with Gasteiger partial charge in [0, 0.05) is 19.3 Å². The van der Waals surface area contributed by atoms with Gasteiger partial charge in [-0.1, -0.05) is 152 Å². The largest absolute Gasteiger partial charge is 0.477 e. The first-order valence-corrected chi connectivity index (χ1v) is 23.3. The molecule has 0 amide bonds. The molecular weight excluding hydrogens is 727 g/mol. The summed E-state index contributed by atoms with van der Waals surface area (Å²) in [6.45, 7) is 4.58. The molecule has 0 aromatic rings. The molecule has 2 atom stereocenters. The topological polar surface area (TPSA) is 99.1 Å². The number of aliphatic carboxylic acids is 1. The van der Waals surface area contributed by atoms with E-state index in [0.29, 0.717) is 19.3 Å². The smallest absolute Gasteiger partial charge is 0.362 e. The van der Waals surface area contributed by atoms with Crippen LogP contribution in [-0.4, -0.2) is 80.6 Å². The molecule has 0 heterocycles. The highest BCUT2D eigenvalue weighted by Crippen LogP contribution is 2.14. The minimum absolute atomic E-state index is 0.0545. The first-order valence-electron chi connectivity index (χ1n) is 23.3. The zero-order chi connectivity index (χ0) is 42.8. The van der Waals surface area contributed by atoms with E-state index in [1.165, 1.54) is 70.6 Å². The van der Waals surface area contributed by atoms with Gasteiger partial charge in [-0.05, 0) is 77.0 Å². The predicted octanol–water partition coefficient (Wildman–Crippen LogP) is 13.0. The summed E-state index contributed by atoms with van der Waals surface area (Å²) < 4.78 is 17.3. The Labute approximate surface area is 356 Å². The SMILES string of the molecule is CC/C=C/C/C=C/C/C=C/C/C=C/CCCCCCCCCCCC(=O)OCC(COCCC(C(=O)O)[N+](C)(C)C)OC(=O)CCCCCCC/C=C/CCCCC. The van der Waals surface area contributed by atoms with E-state index in [1.54, 1.807) is 0 Å². The molecule has 0 fully saturated rings. The van der Waals surface area contributed by atoms with Crippen molar-refractivity contribution in [2.45, 2.75) is 199 Å². The molecule has 8 heteroatoms. The van der Waals surface area contributed by atoms with Crippen LogP contribution in [0.3, 0.4) is 0 Å². The Morgan fingerprint density at radius 3 is 1.45 bits per heavy atom. The number of carbonyl (C=O) groups is 3. The lowest BCUT2D eigenvalue weighted by Crippen LogP contribution is -2.50. The lowest BCUT2D eigenvalue weighted by molar-refractivity contribution is -0.887. The maximum absolute atomic E-state index is 12.7. The fourth-order valence-electron chi connectivity index (χ4n) is 6.55. The van der Waals surface area contributed by atoms with Gasteiger partial charge in [-0.25, -0.2) is 4.79 Å². The van der Waals surface area contributed by atoms with E-state index in [0.717, 1.165) is 83.5 Å². The zero-order valence-corrected chi connectivity index (χ0v) is 38.0. The lowest BCUT2D eigenvalue weighted by atomic mass is 10.1. The van der Waals surface area contributed by atoms with E-state index in [2.05, 4.69) is 74.6 Å². The molecule has 0 aliphatic carbocycles. The predicted molar refractivity (Wildman–Crippen MR) is 243 cm³/mol. The molecule has 58 heavy (non-hydrogen) atoms. The molecule has 2 unspecified atom stereocenters. The molecule has 0 saturated carbocycles. The summed E-state index contributed by atoms with van der Waals surface area (Å²) >= 11 is 0. The molecule has 1 N–H and O–H groups in total. The third kappa shape index (κ3) is 38.5. The number of rotatable bonds is 41. The Morgan fingerprint density at radius 1 is 0.534 bits per heavy atom. The van der Waals surface area contributed by atoms with Crippen LogP contribution in [0.25, 0.3) is 0 Å². The van der Waals surface area contributed by atoms with E-state index in [9.17, 15) is 19.5 Å². The van der Waals surface area contributed by atoms with Gasteiger partial charge in [0.05, 0.1) is 34.4 Å². The van der Waals surface area contributed by atoms with E-state index in [1.807, 2.05) is 21.1 Å². The van der Waals surface area contributed by atoms with E-state index < -0.39 is 18.1 Å². The normalized spacial score (nSPS) is 13.5. The van der Waals surface area contributed by atoms with Gasteiger partial charge in [0.2, 0.25) is 0 Å². The number of carboxylic acid groups (broad SMARTS) is 1. The number of esters is 2. The van der Waals surface area contributed by atoms with Gasteiger partial charge in [-0.2, -0.15) is 0 Å². The molecule has 0 aromatic carbocycles. The van der Waals surface area contributed by atoms with Crippen LogP contribution in [0.15, 0.2) is 60.8 Å². The molecule has 0 aromatic heterocycles. The Hall–Kier alpha value is -2.97. The van der Waals surface area contributed by atoms with E-state index in [4.69, 9.17) is 14.2 Å². The standard InChI is InChI=1S/C50H87NO7/c1-6-8-10-12-14-16-18-20-21-22-23-24-25-26-27-28-29-31-32-34-36-38-40-48(52)57-45-46(44-56-43-42-47(50(54)55)51(3,4)5)58-49(53)41-39-37-35-33-30-19-17-15-13-11-9-7-2/h8,10,14-17,20-21,23-24,46-47H,6-7,9,11-13,18-19,22,25-45H2,1-5H3/p+1/b10-8+,16-14+,17-15+,21-20+,24-23+. The lowest BCUT2D eigenvalue weighted by Gasteiger charge is -2.31. The van der Waals surface area contributed by atoms with Crippen molar-refractivity contribution in [1.29, 1.82) is 0 Å². The molecule has 0 bridgehead atoms. The van der Waals surface area contributed by atoms with Crippen molar-refractivity contribution < 1.29 is 38.2 Å². The number of ether oxygens (including phenoxy) is 3. The number of hydrogen-bond acceptors (Lipinski definition) is 6. The third-order valence-corrected chi connectivity index (χ3v) is 10.2. The highest BCUT2D eigenvalue weighted by atomic mass is 16.6. The number of quaternary nitrogens is 1. The molecule has 0 saturated heterocycles. The molecule has 8 nitrogen and oxygen atoms in total. The van der Waals surface area contributed by atoms with E-state index >= 15 is 0 Å². The number of allylic oxidation sites excluding steroid dienone is 10. The van der Waals surface area contributed by atoms with Gasteiger partial charge in [0.15, 0.2) is 12.1 Å². The van der Waals surface area contributed by atoms with Crippen LogP contribution in [0.4, 0.5) is 0 Å². The number of hydrogen-bond donors (Lipinski definition) is 1. The number of carbonyl (C=O) groups excluding carboxylic acids is 2. The van der Waals surface area contributed by atoms with Gasteiger partial charge in [0.1, 0.15) is 6.61 Å². The summed E-state index contributed by atoms with van der Waals surface area (Å²) in [6.07, 6.45) is 49.8. The summed E-state index contributed by atoms with van der Waals surface area (Å²) in [7, 11) is 5.52. The van der Waals surface area contributed by atoms with Gasteiger partial charge in [-0.3, -0.25) is 9.59 Å². The van der Waals surface area contributed by atoms with Crippen LogP contribution in [0.5, 0.6) is 0 Å². The van der Waals surface area contributed by atoms with Crippen LogP contribution in [0.2, 0.25) is 0 Å². The monoisotopic (exact) mass is 815 g/mol. The summed E-state index contributed by atoms with van der Waals surface area (Å²) in [4.78, 5) is 37.0. The summed E-state index contributed by atoms with van der Waals surface area (Å²) in [6, 6.07) is -0.618. The highest BCUT2D eigenvalue weighted by Gasteiger charge is 2.31. The van der Waals surface area contributed by atoms with Crippen molar-refractivity contribution in [1.82, 2.24) is 0 Å². The highest BCUT2D eigenvalue weighted by molar-refractivity contribution is 5.72. The van der Waals surface area contributed by atoms with Crippen LogP contribution in [0.1, 0.15) is 187 Å². The Balaban J connectivity index is 4.26. The maximum Gasteiger partial charge on any atom is 0.362 e. The molecule has 0 aliphatic heterocycles. The fourth-order valence-corrected chi connectivity index (χ4v) is 6.55. The number of unbranched alkanes of at least 4 members (excludes halogenated alkanes) is 17. The quantitative estimate of drug-likeness (QED) is 0.0284. The number of likely N-dealkylation sites (N-methyl/N-ethyl adjacent to an activating group) is 1. The Kier molecular flexibility index (Phi) is 38.7. The maximum atomic E-state index is 12.7. The average molecular weight is 815 g/mol. The molecule has 0 spiro atoms. The van der Waals surface area contributed by atoms with Crippen LogP contribution in [-0.2, 0) is 28.6 Å². The first kappa shape index (κ1) is 55.0. The molecular formula is C50H88NO7+. The van der Waals surface area contributed by atoms with Crippen molar-refractivity contribution in [3.8, 4) is 0 Å². The zero-order valence-electron chi connectivity index (χ0n) is 38.0. The third-order valence-electron chi connectivity index (χ3n) is 10.2. The summed E-state index contributed by atoms with van der Waals surface area (Å²) in [5.74, 6) is -1.49. The van der Waals surface area contributed by atoms with Gasteiger partial charge in [-0.15, -0.1) is 0 Å². The summed E-state index contributed by atoms with van der Waals surface area (Å²) in [5.41, 5.74) is 0. The van der Waals surface area contributed by atoms with Crippen molar-refractivity contribution in [2.24, 2.45) is 0 Å². The fraction of sp³-hybridized carbons (Fsp3) is 0.740. The molecule has 0 radical (unpaired) electrons. The van der Waals surface area contributed by atoms with E-state index in [-0.39, 0.29) is 36.2 Å². The second-order valence-corrected chi connectivity index (χ2v) is 16.6. The first-order chi connectivity index (χ1) is 28.1. The van der Waals surface area contributed by atoms with Crippen LogP contribution < -0.4 is 0 Å². The van der Waals surface area contributed by atoms with Gasteiger partial charge in [0.25, 0.3) is 0 Å².